The number of nitrogen functional groups attached to an aromatic ring is 1. The van der Waals surface area contributed by atoms with E-state index in [1.54, 1.807) is 37.6 Å². The lowest BCUT2D eigenvalue weighted by Crippen LogP contribution is -2.04. The number of hydrogen-bond acceptors (Lipinski definition) is 5. The molecule has 0 spiro atoms. The van der Waals surface area contributed by atoms with E-state index in [-0.39, 0.29) is 5.75 Å². The van der Waals surface area contributed by atoms with E-state index in [4.69, 9.17) is 15.2 Å². The van der Waals surface area contributed by atoms with Crippen LogP contribution in [0.1, 0.15) is 12.5 Å². The van der Waals surface area contributed by atoms with Crippen molar-refractivity contribution in [3.05, 3.63) is 42.1 Å². The van der Waals surface area contributed by atoms with Crippen molar-refractivity contribution in [3.63, 3.8) is 0 Å². The number of aromatic nitrogens is 1. The molecule has 0 amide bonds. The molecule has 1 unspecified atom stereocenters. The van der Waals surface area contributed by atoms with Crippen molar-refractivity contribution >= 4 is 16.5 Å². The number of rotatable bonds is 6. The molecule has 5 nitrogen and oxygen atoms in total. The first-order chi connectivity index (χ1) is 10.2. The highest BCUT2D eigenvalue weighted by atomic mass is 32.2. The van der Waals surface area contributed by atoms with Gasteiger partial charge in [-0.15, -0.1) is 0 Å². The average molecular weight is 306 g/mol. The quantitative estimate of drug-likeness (QED) is 0.829. The summed E-state index contributed by atoms with van der Waals surface area (Å²) in [6.45, 7) is 2.44. The van der Waals surface area contributed by atoms with Gasteiger partial charge in [0.25, 0.3) is 0 Å². The molecule has 1 aromatic carbocycles. The number of methoxy groups -OCH3 is 1. The van der Waals surface area contributed by atoms with Crippen LogP contribution in [-0.4, -0.2) is 22.9 Å². The van der Waals surface area contributed by atoms with Crippen LogP contribution in [0.2, 0.25) is 0 Å². The van der Waals surface area contributed by atoms with Crippen molar-refractivity contribution in [2.24, 2.45) is 0 Å². The van der Waals surface area contributed by atoms with Gasteiger partial charge in [0, 0.05) is 17.4 Å². The second kappa shape index (κ2) is 7.08. The standard InChI is InChI=1S/C15H18N2O3S/c1-3-20-12-6-7-13(16)14(9-12)21(18)10-11-5-4-8-17-15(11)19-2/h4-9H,3,10,16H2,1-2H3. The molecule has 2 N–H and O–H groups in total. The van der Waals surface area contributed by atoms with Gasteiger partial charge in [-0.25, -0.2) is 4.98 Å². The fourth-order valence-corrected chi connectivity index (χ4v) is 3.14. The minimum absolute atomic E-state index is 0.288. The molecule has 0 aliphatic carbocycles. The van der Waals surface area contributed by atoms with Crippen LogP contribution in [0, 0.1) is 0 Å². The number of nitrogens with two attached hydrogens (primary N) is 1. The van der Waals surface area contributed by atoms with E-state index < -0.39 is 10.8 Å². The van der Waals surface area contributed by atoms with Gasteiger partial charge in [0.2, 0.25) is 5.88 Å². The Hall–Kier alpha value is -2.08. The molecule has 1 heterocycles. The van der Waals surface area contributed by atoms with E-state index in [0.717, 1.165) is 5.56 Å². The first kappa shape index (κ1) is 15.3. The van der Waals surface area contributed by atoms with E-state index in [9.17, 15) is 4.21 Å². The smallest absolute Gasteiger partial charge is 0.217 e. The number of benzene rings is 1. The number of hydrogen-bond donors (Lipinski definition) is 1. The van der Waals surface area contributed by atoms with Crippen LogP contribution >= 0.6 is 0 Å². The van der Waals surface area contributed by atoms with Crippen LogP contribution in [-0.2, 0) is 16.6 Å². The first-order valence-corrected chi connectivity index (χ1v) is 7.86. The minimum atomic E-state index is -1.30. The zero-order valence-electron chi connectivity index (χ0n) is 12.0. The Morgan fingerprint density at radius 1 is 1.33 bits per heavy atom. The lowest BCUT2D eigenvalue weighted by atomic mass is 10.3. The van der Waals surface area contributed by atoms with Gasteiger partial charge in [0.1, 0.15) is 5.75 Å². The van der Waals surface area contributed by atoms with Crippen LogP contribution in [0.4, 0.5) is 5.69 Å². The van der Waals surface area contributed by atoms with Crippen LogP contribution in [0.3, 0.4) is 0 Å². The number of anilines is 1. The summed E-state index contributed by atoms with van der Waals surface area (Å²) in [6.07, 6.45) is 1.63. The highest BCUT2D eigenvalue weighted by Crippen LogP contribution is 2.26. The number of nitrogens with zero attached hydrogens (tertiary/aromatic N) is 1. The average Bonchev–Trinajstić information content (AvgIpc) is 2.50. The van der Waals surface area contributed by atoms with Gasteiger partial charge in [-0.3, -0.25) is 4.21 Å². The van der Waals surface area contributed by atoms with E-state index >= 15 is 0 Å². The molecule has 0 saturated heterocycles. The van der Waals surface area contributed by atoms with Crippen LogP contribution < -0.4 is 15.2 Å². The molecule has 21 heavy (non-hydrogen) atoms. The Morgan fingerprint density at radius 2 is 2.14 bits per heavy atom. The van der Waals surface area contributed by atoms with Crippen LogP contribution in [0.5, 0.6) is 11.6 Å². The summed E-state index contributed by atoms with van der Waals surface area (Å²) in [5, 5.41) is 0. The van der Waals surface area contributed by atoms with Gasteiger partial charge >= 0.3 is 0 Å². The van der Waals surface area contributed by atoms with Crippen molar-refractivity contribution < 1.29 is 13.7 Å². The number of pyridine rings is 1. The summed E-state index contributed by atoms with van der Waals surface area (Å²) in [7, 11) is 0.244. The summed E-state index contributed by atoms with van der Waals surface area (Å²) in [5.41, 5.74) is 7.18. The monoisotopic (exact) mass is 306 g/mol. The SMILES string of the molecule is CCOc1ccc(N)c(S(=O)Cc2cccnc2OC)c1. The molecule has 1 aromatic heterocycles. The Balaban J connectivity index is 2.25. The highest BCUT2D eigenvalue weighted by Gasteiger charge is 2.13. The topological polar surface area (TPSA) is 74.4 Å². The lowest BCUT2D eigenvalue weighted by molar-refractivity contribution is 0.339. The van der Waals surface area contributed by atoms with Gasteiger partial charge in [0.05, 0.1) is 35.2 Å². The lowest BCUT2D eigenvalue weighted by Gasteiger charge is -2.10. The van der Waals surface area contributed by atoms with Gasteiger partial charge < -0.3 is 15.2 Å². The molecule has 6 heteroatoms. The predicted octanol–water partition coefficient (Wildman–Crippen LogP) is 2.38. The molecule has 0 radical (unpaired) electrons. The molecule has 0 aliphatic rings. The fourth-order valence-electron chi connectivity index (χ4n) is 1.91. The Kier molecular flexibility index (Phi) is 5.16. The van der Waals surface area contributed by atoms with Crippen molar-refractivity contribution in [2.75, 3.05) is 19.5 Å². The molecule has 0 fully saturated rings. The van der Waals surface area contributed by atoms with E-state index in [1.807, 2.05) is 13.0 Å². The maximum absolute atomic E-state index is 12.6. The Morgan fingerprint density at radius 3 is 2.86 bits per heavy atom. The molecule has 1 atom stereocenters. The second-order valence-corrected chi connectivity index (χ2v) is 5.71. The van der Waals surface area contributed by atoms with E-state index in [0.29, 0.717) is 28.8 Å². The zero-order valence-corrected chi connectivity index (χ0v) is 12.9. The molecular weight excluding hydrogens is 288 g/mol. The molecule has 0 saturated carbocycles. The second-order valence-electron chi connectivity index (χ2n) is 4.29. The minimum Gasteiger partial charge on any atom is -0.494 e. The summed E-state index contributed by atoms with van der Waals surface area (Å²) < 4.78 is 23.1. The fraction of sp³-hybridized carbons (Fsp3) is 0.267. The van der Waals surface area contributed by atoms with Crippen LogP contribution in [0.15, 0.2) is 41.4 Å². The summed E-state index contributed by atoms with van der Waals surface area (Å²) >= 11 is 0. The van der Waals surface area contributed by atoms with Crippen molar-refractivity contribution in [2.45, 2.75) is 17.6 Å². The van der Waals surface area contributed by atoms with Gasteiger partial charge in [-0.05, 0) is 31.2 Å². The van der Waals surface area contributed by atoms with Gasteiger partial charge in [-0.1, -0.05) is 6.07 Å². The van der Waals surface area contributed by atoms with Gasteiger partial charge in [-0.2, -0.15) is 0 Å². The van der Waals surface area contributed by atoms with Crippen molar-refractivity contribution in [3.8, 4) is 11.6 Å². The summed E-state index contributed by atoms with van der Waals surface area (Å²) in [6, 6.07) is 8.82. The van der Waals surface area contributed by atoms with Gasteiger partial charge in [0.15, 0.2) is 0 Å². The summed E-state index contributed by atoms with van der Waals surface area (Å²) in [4.78, 5) is 4.66. The van der Waals surface area contributed by atoms with E-state index in [2.05, 4.69) is 4.98 Å². The van der Waals surface area contributed by atoms with Crippen LogP contribution in [0.25, 0.3) is 0 Å². The Labute approximate surface area is 126 Å². The molecule has 0 aliphatic heterocycles. The third-order valence-corrected chi connectivity index (χ3v) is 4.29. The largest absolute Gasteiger partial charge is 0.494 e. The predicted molar refractivity (Wildman–Crippen MR) is 82.9 cm³/mol. The van der Waals surface area contributed by atoms with Crippen molar-refractivity contribution in [1.29, 1.82) is 0 Å². The third kappa shape index (κ3) is 3.72. The summed E-state index contributed by atoms with van der Waals surface area (Å²) in [5.74, 6) is 1.43. The van der Waals surface area contributed by atoms with Crippen molar-refractivity contribution in [1.82, 2.24) is 4.98 Å². The Bertz CT molecular complexity index is 647. The zero-order chi connectivity index (χ0) is 15.2. The normalized spacial score (nSPS) is 11.9. The maximum atomic E-state index is 12.6. The first-order valence-electron chi connectivity index (χ1n) is 6.54. The molecule has 2 aromatic rings. The molecule has 0 bridgehead atoms. The molecular formula is C15H18N2O3S. The van der Waals surface area contributed by atoms with E-state index in [1.165, 1.54) is 0 Å². The maximum Gasteiger partial charge on any atom is 0.217 e. The third-order valence-electron chi connectivity index (χ3n) is 2.87. The molecule has 112 valence electrons. The molecule has 2 rings (SSSR count). The highest BCUT2D eigenvalue weighted by molar-refractivity contribution is 7.84. The number of ether oxygens (including phenoxy) is 2.